The first-order valence-electron chi connectivity index (χ1n) is 11.2. The van der Waals surface area contributed by atoms with Crippen molar-refractivity contribution in [2.24, 2.45) is 0 Å². The number of ether oxygens (including phenoxy) is 4. The summed E-state index contributed by atoms with van der Waals surface area (Å²) < 4.78 is 23.7. The Morgan fingerprint density at radius 1 is 0.829 bits per heavy atom. The van der Waals surface area contributed by atoms with E-state index >= 15 is 0 Å². The molecule has 0 radical (unpaired) electrons. The van der Waals surface area contributed by atoms with E-state index in [9.17, 15) is 9.90 Å². The van der Waals surface area contributed by atoms with Crippen molar-refractivity contribution in [3.63, 3.8) is 0 Å². The molecular weight excluding hydrogens is 444 g/mol. The van der Waals surface area contributed by atoms with E-state index in [1.54, 1.807) is 19.2 Å². The molecular formula is C29H22O6. The van der Waals surface area contributed by atoms with Crippen LogP contribution >= 0.6 is 0 Å². The zero-order chi connectivity index (χ0) is 24.2. The molecule has 1 N–H and O–H groups in total. The third kappa shape index (κ3) is 3.29. The fraction of sp³-hybridized carbons (Fsp3) is 0.138. The van der Waals surface area contributed by atoms with Crippen molar-refractivity contribution in [3.8, 4) is 28.7 Å². The maximum absolute atomic E-state index is 12.9. The quantitative estimate of drug-likeness (QED) is 0.380. The summed E-state index contributed by atoms with van der Waals surface area (Å²) in [5, 5.41) is 9.99. The summed E-state index contributed by atoms with van der Waals surface area (Å²) in [5.41, 5.74) is 3.28. The van der Waals surface area contributed by atoms with E-state index in [1.165, 1.54) is 6.07 Å². The Labute approximate surface area is 202 Å². The van der Waals surface area contributed by atoms with Crippen LogP contribution in [0, 0.1) is 6.92 Å². The molecule has 6 nitrogen and oxygen atoms in total. The Hall–Kier alpha value is -4.45. The summed E-state index contributed by atoms with van der Waals surface area (Å²) in [4.78, 5) is 12.9. The molecule has 0 saturated heterocycles. The number of esters is 1. The minimum atomic E-state index is -1.18. The Morgan fingerprint density at radius 3 is 2.29 bits per heavy atom. The van der Waals surface area contributed by atoms with E-state index in [4.69, 9.17) is 18.9 Å². The SMILES string of the molecule is COc1ccc(COc2ccc3c(c2)Oc2cc(C)ccc2C32OC(=O)c3cc(O)ccc32)cc1. The minimum absolute atomic E-state index is 0.0106. The number of carbonyl (C=O) groups excluding carboxylic acids is 1. The van der Waals surface area contributed by atoms with Gasteiger partial charge in [-0.05, 0) is 66.6 Å². The Kier molecular flexibility index (Phi) is 4.71. The molecule has 2 aliphatic heterocycles. The van der Waals surface area contributed by atoms with Crippen molar-refractivity contribution < 1.29 is 28.8 Å². The summed E-state index contributed by atoms with van der Waals surface area (Å²) in [6.07, 6.45) is 0. The monoisotopic (exact) mass is 466 g/mol. The molecule has 0 amide bonds. The van der Waals surface area contributed by atoms with Gasteiger partial charge in [-0.25, -0.2) is 4.79 Å². The van der Waals surface area contributed by atoms with Crippen LogP contribution in [0.2, 0.25) is 0 Å². The second kappa shape index (κ2) is 7.81. The van der Waals surface area contributed by atoms with Gasteiger partial charge in [0.05, 0.1) is 12.7 Å². The summed E-state index contributed by atoms with van der Waals surface area (Å²) >= 11 is 0. The van der Waals surface area contributed by atoms with Crippen LogP contribution in [0.1, 0.15) is 38.2 Å². The number of phenols is 1. The molecule has 0 aliphatic carbocycles. The lowest BCUT2D eigenvalue weighted by Gasteiger charge is -2.36. The number of phenolic OH excluding ortho intramolecular Hbond substituents is 1. The minimum Gasteiger partial charge on any atom is -0.508 e. The van der Waals surface area contributed by atoms with Gasteiger partial charge < -0.3 is 24.1 Å². The molecule has 4 aromatic carbocycles. The van der Waals surface area contributed by atoms with Crippen LogP contribution in [-0.4, -0.2) is 18.2 Å². The molecule has 174 valence electrons. The van der Waals surface area contributed by atoms with Gasteiger partial charge in [0, 0.05) is 22.8 Å². The van der Waals surface area contributed by atoms with Gasteiger partial charge in [-0.1, -0.05) is 24.3 Å². The van der Waals surface area contributed by atoms with Crippen LogP contribution < -0.4 is 14.2 Å². The summed E-state index contributed by atoms with van der Waals surface area (Å²) in [7, 11) is 1.63. The molecule has 1 spiro atoms. The van der Waals surface area contributed by atoms with E-state index in [2.05, 4.69) is 0 Å². The second-order valence-corrected chi connectivity index (χ2v) is 8.70. The highest BCUT2D eigenvalue weighted by molar-refractivity contribution is 5.97. The molecule has 6 rings (SSSR count). The van der Waals surface area contributed by atoms with Gasteiger partial charge in [0.1, 0.15) is 35.4 Å². The number of hydrogen-bond donors (Lipinski definition) is 1. The maximum atomic E-state index is 12.9. The normalized spacial score (nSPS) is 17.1. The lowest BCUT2D eigenvalue weighted by atomic mass is 9.77. The molecule has 2 aliphatic rings. The van der Waals surface area contributed by atoms with Crippen molar-refractivity contribution in [2.45, 2.75) is 19.1 Å². The van der Waals surface area contributed by atoms with Crippen molar-refractivity contribution >= 4 is 5.97 Å². The molecule has 6 heteroatoms. The number of benzene rings is 4. The van der Waals surface area contributed by atoms with E-state index < -0.39 is 11.6 Å². The van der Waals surface area contributed by atoms with E-state index in [-0.39, 0.29) is 5.75 Å². The Balaban J connectivity index is 1.43. The van der Waals surface area contributed by atoms with Gasteiger partial charge in [-0.3, -0.25) is 0 Å². The second-order valence-electron chi connectivity index (χ2n) is 8.70. The highest BCUT2D eigenvalue weighted by Crippen LogP contribution is 2.56. The highest BCUT2D eigenvalue weighted by Gasteiger charge is 2.53. The van der Waals surface area contributed by atoms with E-state index in [0.717, 1.165) is 22.4 Å². The largest absolute Gasteiger partial charge is 0.508 e. The Morgan fingerprint density at radius 2 is 1.51 bits per heavy atom. The molecule has 1 atom stereocenters. The molecule has 0 saturated carbocycles. The van der Waals surface area contributed by atoms with Crippen LogP contribution in [0.15, 0.2) is 78.9 Å². The van der Waals surface area contributed by atoms with E-state index in [1.807, 2.05) is 67.6 Å². The first-order chi connectivity index (χ1) is 17.0. The van der Waals surface area contributed by atoms with Crippen molar-refractivity contribution in [1.82, 2.24) is 0 Å². The number of rotatable bonds is 4. The van der Waals surface area contributed by atoms with Crippen LogP contribution in [-0.2, 0) is 16.9 Å². The zero-order valence-corrected chi connectivity index (χ0v) is 19.2. The van der Waals surface area contributed by atoms with Gasteiger partial charge in [0.2, 0.25) is 0 Å². The number of aromatic hydroxyl groups is 1. The third-order valence-corrected chi connectivity index (χ3v) is 6.48. The van der Waals surface area contributed by atoms with Crippen LogP contribution in [0.4, 0.5) is 0 Å². The molecule has 0 aromatic heterocycles. The number of carbonyl (C=O) groups is 1. The third-order valence-electron chi connectivity index (χ3n) is 6.48. The zero-order valence-electron chi connectivity index (χ0n) is 19.2. The first kappa shape index (κ1) is 21.1. The fourth-order valence-electron chi connectivity index (χ4n) is 4.78. The van der Waals surface area contributed by atoms with E-state index in [0.29, 0.717) is 40.5 Å². The van der Waals surface area contributed by atoms with Crippen molar-refractivity contribution in [3.05, 3.63) is 112 Å². The van der Waals surface area contributed by atoms with Gasteiger partial charge in [-0.2, -0.15) is 0 Å². The Bertz CT molecular complexity index is 1470. The molecule has 35 heavy (non-hydrogen) atoms. The highest BCUT2D eigenvalue weighted by atomic mass is 16.6. The van der Waals surface area contributed by atoms with Crippen molar-refractivity contribution in [2.75, 3.05) is 7.11 Å². The van der Waals surface area contributed by atoms with Crippen LogP contribution in [0.3, 0.4) is 0 Å². The fourth-order valence-corrected chi connectivity index (χ4v) is 4.78. The summed E-state index contributed by atoms with van der Waals surface area (Å²) in [6.45, 7) is 2.35. The van der Waals surface area contributed by atoms with Gasteiger partial charge in [0.25, 0.3) is 0 Å². The molecule has 0 fully saturated rings. The van der Waals surface area contributed by atoms with Gasteiger partial charge in [-0.15, -0.1) is 0 Å². The van der Waals surface area contributed by atoms with Gasteiger partial charge >= 0.3 is 5.97 Å². The predicted molar refractivity (Wildman–Crippen MR) is 128 cm³/mol. The standard InChI is InChI=1S/C29H22O6/c1-17-3-10-24-26(13-17)34-27-15-21(33-16-18-4-7-20(32-2)8-5-18)9-12-25(27)29(24)23-11-6-19(30)14-22(23)28(31)35-29/h3-15,30H,16H2,1-2H3. The van der Waals surface area contributed by atoms with Crippen LogP contribution in [0.25, 0.3) is 0 Å². The lowest BCUT2D eigenvalue weighted by Crippen LogP contribution is -2.33. The summed E-state index contributed by atoms with van der Waals surface area (Å²) in [6, 6.07) is 23.8. The van der Waals surface area contributed by atoms with Crippen molar-refractivity contribution in [1.29, 1.82) is 0 Å². The average Bonchev–Trinajstić information content (AvgIpc) is 3.14. The molecule has 0 bridgehead atoms. The van der Waals surface area contributed by atoms with Gasteiger partial charge in [0.15, 0.2) is 5.60 Å². The molecule has 1 unspecified atom stereocenters. The first-order valence-corrected chi connectivity index (χ1v) is 11.2. The smallest absolute Gasteiger partial charge is 0.340 e. The molecule has 2 heterocycles. The maximum Gasteiger partial charge on any atom is 0.340 e. The summed E-state index contributed by atoms with van der Waals surface area (Å²) in [5.74, 6) is 2.09. The average molecular weight is 466 g/mol. The topological polar surface area (TPSA) is 74.2 Å². The number of hydrogen-bond acceptors (Lipinski definition) is 6. The number of aryl methyl sites for hydroxylation is 1. The number of fused-ring (bicyclic) bond motifs is 6. The van der Waals surface area contributed by atoms with Crippen LogP contribution in [0.5, 0.6) is 28.7 Å². The lowest BCUT2D eigenvalue weighted by molar-refractivity contribution is 0.0224. The predicted octanol–water partition coefficient (Wildman–Crippen LogP) is 5.86. The molecule has 4 aromatic rings. The number of methoxy groups -OCH3 is 1.